The third-order valence-electron chi connectivity index (χ3n) is 2.59. The molecule has 0 aliphatic carbocycles. The fourth-order valence-electron chi connectivity index (χ4n) is 1.67. The Bertz CT molecular complexity index is 210. The van der Waals surface area contributed by atoms with Crippen LogP contribution in [0.5, 0.6) is 0 Å². The van der Waals surface area contributed by atoms with E-state index in [1.807, 2.05) is 6.92 Å². The monoisotopic (exact) mass is 213 g/mol. The van der Waals surface area contributed by atoms with Crippen LogP contribution in [0.2, 0.25) is 0 Å². The lowest BCUT2D eigenvalue weighted by Crippen LogP contribution is -2.26. The molecule has 0 N–H and O–H groups in total. The van der Waals surface area contributed by atoms with E-state index < -0.39 is 0 Å². The molecule has 0 bridgehead atoms. The maximum atomic E-state index is 11.1. The lowest BCUT2D eigenvalue weighted by molar-refractivity contribution is -0.135. The summed E-state index contributed by atoms with van der Waals surface area (Å²) < 4.78 is 5.24. The molecular formula is C11H19NO3. The smallest absolute Gasteiger partial charge is 0.199 e. The highest BCUT2D eigenvalue weighted by molar-refractivity contribution is 6.37. The summed E-state index contributed by atoms with van der Waals surface area (Å²) in [4.78, 5) is 24.4. The number of ether oxygens (including phenoxy) is 1. The molecule has 1 aliphatic heterocycles. The normalized spacial score (nSPS) is 19.3. The predicted molar refractivity (Wildman–Crippen MR) is 56.8 cm³/mol. The van der Waals surface area contributed by atoms with Crippen molar-refractivity contribution >= 4 is 11.6 Å². The molecule has 4 nitrogen and oxygen atoms in total. The minimum absolute atomic E-state index is 0.206. The molecule has 0 atom stereocenters. The minimum atomic E-state index is -0.206. The zero-order valence-electron chi connectivity index (χ0n) is 9.33. The first-order chi connectivity index (χ1) is 7.24. The Kier molecular flexibility index (Phi) is 5.50. The molecule has 0 aromatic heterocycles. The van der Waals surface area contributed by atoms with Gasteiger partial charge < -0.3 is 9.64 Å². The van der Waals surface area contributed by atoms with Crippen molar-refractivity contribution in [2.75, 3.05) is 32.8 Å². The molecule has 0 spiro atoms. The van der Waals surface area contributed by atoms with Gasteiger partial charge in [-0.05, 0) is 13.3 Å². The maximum Gasteiger partial charge on any atom is 0.199 e. The summed E-state index contributed by atoms with van der Waals surface area (Å²) in [5, 5.41) is 0. The molecule has 15 heavy (non-hydrogen) atoms. The highest BCUT2D eigenvalue weighted by Crippen LogP contribution is 2.04. The molecule has 0 amide bonds. The number of rotatable bonds is 5. The Morgan fingerprint density at radius 3 is 2.33 bits per heavy atom. The third-order valence-corrected chi connectivity index (χ3v) is 2.59. The van der Waals surface area contributed by atoms with E-state index in [0.29, 0.717) is 12.8 Å². The van der Waals surface area contributed by atoms with Crippen molar-refractivity contribution in [1.29, 1.82) is 0 Å². The molecule has 0 unspecified atom stereocenters. The number of carbonyl (C=O) groups is 2. The van der Waals surface area contributed by atoms with Crippen molar-refractivity contribution in [2.24, 2.45) is 0 Å². The summed E-state index contributed by atoms with van der Waals surface area (Å²) in [6, 6.07) is 0. The summed E-state index contributed by atoms with van der Waals surface area (Å²) >= 11 is 0. The average Bonchev–Trinajstić information content (AvgIpc) is 2.39. The van der Waals surface area contributed by atoms with Crippen molar-refractivity contribution in [3.63, 3.8) is 0 Å². The quantitative estimate of drug-likeness (QED) is 0.497. The Balaban J connectivity index is 2.19. The van der Waals surface area contributed by atoms with Crippen molar-refractivity contribution in [3.8, 4) is 0 Å². The van der Waals surface area contributed by atoms with Crippen LogP contribution in [0.25, 0.3) is 0 Å². The van der Waals surface area contributed by atoms with Crippen molar-refractivity contribution < 1.29 is 14.3 Å². The largest absolute Gasteiger partial charge is 0.382 e. The molecule has 4 heteroatoms. The number of hydrogen-bond acceptors (Lipinski definition) is 4. The van der Waals surface area contributed by atoms with Crippen molar-refractivity contribution in [3.05, 3.63) is 0 Å². The molecule has 0 saturated carbocycles. The van der Waals surface area contributed by atoms with E-state index >= 15 is 0 Å². The topological polar surface area (TPSA) is 46.6 Å². The maximum absolute atomic E-state index is 11.1. The molecule has 0 radical (unpaired) electrons. The molecule has 1 heterocycles. The van der Waals surface area contributed by atoms with Gasteiger partial charge in [0.1, 0.15) is 0 Å². The summed E-state index contributed by atoms with van der Waals surface area (Å²) in [5.74, 6) is -0.412. The number of likely N-dealkylation sites (tertiary alicyclic amines) is 1. The van der Waals surface area contributed by atoms with Crippen LogP contribution in [0, 0.1) is 0 Å². The van der Waals surface area contributed by atoms with Crippen LogP contribution in [0.4, 0.5) is 0 Å². The van der Waals surface area contributed by atoms with Gasteiger partial charge in [-0.25, -0.2) is 0 Å². The van der Waals surface area contributed by atoms with Crippen LogP contribution < -0.4 is 0 Å². The van der Waals surface area contributed by atoms with Gasteiger partial charge in [-0.3, -0.25) is 9.59 Å². The zero-order valence-corrected chi connectivity index (χ0v) is 9.33. The van der Waals surface area contributed by atoms with Gasteiger partial charge in [-0.1, -0.05) is 0 Å². The highest BCUT2D eigenvalue weighted by Gasteiger charge is 2.20. The lowest BCUT2D eigenvalue weighted by atomic mass is 10.2. The lowest BCUT2D eigenvalue weighted by Gasteiger charge is -2.18. The standard InChI is InChI=1S/C11H19NO3/c1-2-15-9-3-6-12-7-4-10(13)11(14)5-8-12/h2-9H2,1H3. The second-order valence-electron chi connectivity index (χ2n) is 3.74. The molecular weight excluding hydrogens is 194 g/mol. The SMILES string of the molecule is CCOCCCN1CCC(=O)C(=O)CC1. The van der Waals surface area contributed by atoms with E-state index in [-0.39, 0.29) is 11.6 Å². The predicted octanol–water partition coefficient (Wildman–Crippen LogP) is 0.647. The molecule has 1 fully saturated rings. The van der Waals surface area contributed by atoms with Gasteiger partial charge in [0, 0.05) is 45.7 Å². The van der Waals surface area contributed by atoms with Gasteiger partial charge in [0.05, 0.1) is 0 Å². The van der Waals surface area contributed by atoms with Crippen LogP contribution in [0.15, 0.2) is 0 Å². The number of carbonyl (C=O) groups excluding carboxylic acids is 2. The summed E-state index contributed by atoms with van der Waals surface area (Å²) in [6.07, 6.45) is 1.73. The van der Waals surface area contributed by atoms with E-state index in [4.69, 9.17) is 4.74 Å². The Hall–Kier alpha value is -0.740. The fraction of sp³-hybridized carbons (Fsp3) is 0.818. The molecule has 86 valence electrons. The Morgan fingerprint density at radius 2 is 1.80 bits per heavy atom. The number of hydrogen-bond donors (Lipinski definition) is 0. The van der Waals surface area contributed by atoms with Gasteiger partial charge >= 0.3 is 0 Å². The first-order valence-corrected chi connectivity index (χ1v) is 5.60. The van der Waals surface area contributed by atoms with E-state index in [1.54, 1.807) is 0 Å². The molecule has 1 aliphatic rings. The van der Waals surface area contributed by atoms with Crippen LogP contribution in [-0.4, -0.2) is 49.3 Å². The summed E-state index contributed by atoms with van der Waals surface area (Å²) in [7, 11) is 0. The zero-order chi connectivity index (χ0) is 11.1. The van der Waals surface area contributed by atoms with Crippen molar-refractivity contribution in [1.82, 2.24) is 4.90 Å². The van der Waals surface area contributed by atoms with E-state index in [1.165, 1.54) is 0 Å². The van der Waals surface area contributed by atoms with Gasteiger partial charge in [-0.15, -0.1) is 0 Å². The minimum Gasteiger partial charge on any atom is -0.382 e. The Labute approximate surface area is 90.6 Å². The fourth-order valence-corrected chi connectivity index (χ4v) is 1.67. The van der Waals surface area contributed by atoms with Crippen LogP contribution in [0.3, 0.4) is 0 Å². The highest BCUT2D eigenvalue weighted by atomic mass is 16.5. The van der Waals surface area contributed by atoms with E-state index in [2.05, 4.69) is 4.90 Å². The van der Waals surface area contributed by atoms with Crippen molar-refractivity contribution in [2.45, 2.75) is 26.2 Å². The molecule has 0 aromatic carbocycles. The second kappa shape index (κ2) is 6.69. The van der Waals surface area contributed by atoms with Crippen LogP contribution >= 0.6 is 0 Å². The number of nitrogens with zero attached hydrogens (tertiary/aromatic N) is 1. The van der Waals surface area contributed by atoms with E-state index in [9.17, 15) is 9.59 Å². The third kappa shape index (κ3) is 4.53. The average molecular weight is 213 g/mol. The number of ketones is 2. The second-order valence-corrected chi connectivity index (χ2v) is 3.74. The molecule has 1 rings (SSSR count). The summed E-state index contributed by atoms with van der Waals surface area (Å²) in [6.45, 7) is 5.84. The van der Waals surface area contributed by atoms with Gasteiger partial charge in [-0.2, -0.15) is 0 Å². The Morgan fingerprint density at radius 1 is 1.20 bits per heavy atom. The molecule has 0 aromatic rings. The summed E-state index contributed by atoms with van der Waals surface area (Å²) in [5.41, 5.74) is 0. The molecule has 1 saturated heterocycles. The van der Waals surface area contributed by atoms with E-state index in [0.717, 1.165) is 39.3 Å². The van der Waals surface area contributed by atoms with Gasteiger partial charge in [0.15, 0.2) is 11.6 Å². The number of Topliss-reactive ketones (excluding diaryl/α,β-unsaturated/α-hetero) is 2. The first kappa shape index (κ1) is 12.3. The van der Waals surface area contributed by atoms with Crippen LogP contribution in [-0.2, 0) is 14.3 Å². The van der Waals surface area contributed by atoms with Gasteiger partial charge in [0.25, 0.3) is 0 Å². The van der Waals surface area contributed by atoms with Crippen LogP contribution in [0.1, 0.15) is 26.2 Å². The van der Waals surface area contributed by atoms with Gasteiger partial charge in [0.2, 0.25) is 0 Å². The first-order valence-electron chi connectivity index (χ1n) is 5.60.